The van der Waals surface area contributed by atoms with Gasteiger partial charge in [0.15, 0.2) is 0 Å². The van der Waals surface area contributed by atoms with Crippen molar-refractivity contribution in [1.82, 2.24) is 10.3 Å². The van der Waals surface area contributed by atoms with Crippen molar-refractivity contribution in [2.24, 2.45) is 0 Å². The third-order valence-corrected chi connectivity index (χ3v) is 2.89. The van der Waals surface area contributed by atoms with Gasteiger partial charge in [-0.3, -0.25) is 4.98 Å². The summed E-state index contributed by atoms with van der Waals surface area (Å²) in [6.07, 6.45) is 6.12. The molecule has 0 aliphatic heterocycles. The van der Waals surface area contributed by atoms with Crippen molar-refractivity contribution in [1.29, 1.82) is 0 Å². The zero-order valence-electron chi connectivity index (χ0n) is 10.0. The van der Waals surface area contributed by atoms with Crippen LogP contribution in [0, 0.1) is 0 Å². The highest BCUT2D eigenvalue weighted by Crippen LogP contribution is 2.22. The SMILES string of the molecule is CCCNC(C)C(CC)c1ccncc1. The van der Waals surface area contributed by atoms with Gasteiger partial charge in [-0.25, -0.2) is 0 Å². The van der Waals surface area contributed by atoms with E-state index >= 15 is 0 Å². The van der Waals surface area contributed by atoms with Crippen LogP contribution in [-0.2, 0) is 0 Å². The van der Waals surface area contributed by atoms with Crippen molar-refractivity contribution in [3.05, 3.63) is 30.1 Å². The maximum atomic E-state index is 4.06. The van der Waals surface area contributed by atoms with Crippen LogP contribution in [0.25, 0.3) is 0 Å². The summed E-state index contributed by atoms with van der Waals surface area (Å²) >= 11 is 0. The lowest BCUT2D eigenvalue weighted by Gasteiger charge is -2.24. The van der Waals surface area contributed by atoms with Crippen molar-refractivity contribution in [3.8, 4) is 0 Å². The number of aromatic nitrogens is 1. The van der Waals surface area contributed by atoms with Gasteiger partial charge in [0.1, 0.15) is 0 Å². The normalized spacial score (nSPS) is 14.9. The minimum atomic E-state index is 0.539. The van der Waals surface area contributed by atoms with E-state index in [1.54, 1.807) is 0 Å². The molecule has 0 bridgehead atoms. The van der Waals surface area contributed by atoms with Crippen LogP contribution in [0.2, 0.25) is 0 Å². The minimum Gasteiger partial charge on any atom is -0.314 e. The highest BCUT2D eigenvalue weighted by Gasteiger charge is 2.16. The van der Waals surface area contributed by atoms with Crippen LogP contribution < -0.4 is 5.32 Å². The zero-order valence-corrected chi connectivity index (χ0v) is 10.0. The van der Waals surface area contributed by atoms with Crippen LogP contribution in [0.4, 0.5) is 0 Å². The smallest absolute Gasteiger partial charge is 0.0270 e. The van der Waals surface area contributed by atoms with Crippen molar-refractivity contribution >= 4 is 0 Å². The summed E-state index contributed by atoms with van der Waals surface area (Å²) in [7, 11) is 0. The summed E-state index contributed by atoms with van der Waals surface area (Å²) in [6.45, 7) is 7.81. The molecule has 2 atom stereocenters. The molecule has 2 unspecified atom stereocenters. The molecular weight excluding hydrogens is 184 g/mol. The number of rotatable bonds is 6. The number of nitrogens with one attached hydrogen (secondary N) is 1. The van der Waals surface area contributed by atoms with Gasteiger partial charge in [-0.2, -0.15) is 0 Å². The molecule has 0 fully saturated rings. The second-order valence-electron chi connectivity index (χ2n) is 4.04. The summed E-state index contributed by atoms with van der Waals surface area (Å²) in [5.41, 5.74) is 1.39. The van der Waals surface area contributed by atoms with E-state index in [1.165, 1.54) is 18.4 Å². The fourth-order valence-corrected chi connectivity index (χ4v) is 2.00. The predicted molar refractivity (Wildman–Crippen MR) is 65.0 cm³/mol. The lowest BCUT2D eigenvalue weighted by atomic mass is 9.91. The van der Waals surface area contributed by atoms with Crippen molar-refractivity contribution in [2.45, 2.75) is 45.6 Å². The largest absolute Gasteiger partial charge is 0.314 e. The molecule has 1 aromatic heterocycles. The van der Waals surface area contributed by atoms with E-state index in [0.717, 1.165) is 6.54 Å². The lowest BCUT2D eigenvalue weighted by Crippen LogP contribution is -2.32. The summed E-state index contributed by atoms with van der Waals surface area (Å²) in [5.74, 6) is 0.597. The van der Waals surface area contributed by atoms with E-state index in [1.807, 2.05) is 12.4 Å². The molecule has 1 N–H and O–H groups in total. The van der Waals surface area contributed by atoms with Crippen molar-refractivity contribution < 1.29 is 0 Å². The van der Waals surface area contributed by atoms with Crippen molar-refractivity contribution in [2.75, 3.05) is 6.54 Å². The van der Waals surface area contributed by atoms with E-state index < -0.39 is 0 Å². The monoisotopic (exact) mass is 206 g/mol. The Bertz CT molecular complexity index is 258. The molecule has 0 saturated carbocycles. The van der Waals surface area contributed by atoms with Gasteiger partial charge in [0.2, 0.25) is 0 Å². The summed E-state index contributed by atoms with van der Waals surface area (Å²) in [6, 6.07) is 4.79. The quantitative estimate of drug-likeness (QED) is 0.774. The summed E-state index contributed by atoms with van der Waals surface area (Å²) < 4.78 is 0. The third kappa shape index (κ3) is 3.63. The van der Waals surface area contributed by atoms with Gasteiger partial charge in [-0.15, -0.1) is 0 Å². The van der Waals surface area contributed by atoms with Crippen LogP contribution in [0.5, 0.6) is 0 Å². The first-order valence-electron chi connectivity index (χ1n) is 5.92. The first-order valence-corrected chi connectivity index (χ1v) is 5.92. The molecule has 1 aromatic rings. The lowest BCUT2D eigenvalue weighted by molar-refractivity contribution is 0.450. The average Bonchev–Trinajstić information content (AvgIpc) is 2.29. The molecule has 15 heavy (non-hydrogen) atoms. The van der Waals surface area contributed by atoms with Gasteiger partial charge >= 0.3 is 0 Å². The Hall–Kier alpha value is -0.890. The molecule has 1 rings (SSSR count). The first-order chi connectivity index (χ1) is 7.29. The maximum Gasteiger partial charge on any atom is 0.0270 e. The van der Waals surface area contributed by atoms with Crippen LogP contribution in [0.15, 0.2) is 24.5 Å². The fourth-order valence-electron chi connectivity index (χ4n) is 2.00. The Labute approximate surface area is 93.1 Å². The molecule has 84 valence electrons. The van der Waals surface area contributed by atoms with E-state index in [4.69, 9.17) is 0 Å². The molecule has 0 aromatic carbocycles. The molecule has 2 nitrogen and oxygen atoms in total. The highest BCUT2D eigenvalue weighted by atomic mass is 14.9. The topological polar surface area (TPSA) is 24.9 Å². The third-order valence-electron chi connectivity index (χ3n) is 2.89. The highest BCUT2D eigenvalue weighted by molar-refractivity contribution is 5.17. The van der Waals surface area contributed by atoms with Gasteiger partial charge in [0, 0.05) is 18.4 Å². The van der Waals surface area contributed by atoms with Crippen LogP contribution in [0.3, 0.4) is 0 Å². The Morgan fingerprint density at radius 3 is 2.47 bits per heavy atom. The molecular formula is C13H22N2. The predicted octanol–water partition coefficient (Wildman–Crippen LogP) is 2.96. The zero-order chi connectivity index (χ0) is 11.1. The summed E-state index contributed by atoms with van der Waals surface area (Å²) in [4.78, 5) is 4.06. The molecule has 1 heterocycles. The molecule has 0 amide bonds. The molecule has 0 saturated heterocycles. The standard InChI is InChI=1S/C13H22N2/c1-4-8-15-11(3)13(5-2)12-6-9-14-10-7-12/h6-7,9-11,13,15H,4-5,8H2,1-3H3. The second kappa shape index (κ2) is 6.57. The Morgan fingerprint density at radius 1 is 1.27 bits per heavy atom. The Morgan fingerprint density at radius 2 is 1.93 bits per heavy atom. The Kier molecular flexibility index (Phi) is 5.33. The number of hydrogen-bond acceptors (Lipinski definition) is 2. The summed E-state index contributed by atoms with van der Waals surface area (Å²) in [5, 5.41) is 3.56. The van der Waals surface area contributed by atoms with Gasteiger partial charge in [-0.1, -0.05) is 13.8 Å². The number of pyridine rings is 1. The maximum absolute atomic E-state index is 4.06. The van der Waals surface area contributed by atoms with Crippen LogP contribution >= 0.6 is 0 Å². The first kappa shape index (κ1) is 12.2. The second-order valence-corrected chi connectivity index (χ2v) is 4.04. The van der Waals surface area contributed by atoms with Gasteiger partial charge in [-0.05, 0) is 49.9 Å². The van der Waals surface area contributed by atoms with Crippen molar-refractivity contribution in [3.63, 3.8) is 0 Å². The molecule has 0 radical (unpaired) electrons. The number of nitrogens with zero attached hydrogens (tertiary/aromatic N) is 1. The average molecular weight is 206 g/mol. The van der Waals surface area contributed by atoms with E-state index in [9.17, 15) is 0 Å². The van der Waals surface area contributed by atoms with Crippen LogP contribution in [-0.4, -0.2) is 17.6 Å². The molecule has 0 aliphatic carbocycles. The van der Waals surface area contributed by atoms with E-state index in [-0.39, 0.29) is 0 Å². The van der Waals surface area contributed by atoms with E-state index in [2.05, 4.69) is 43.2 Å². The minimum absolute atomic E-state index is 0.539. The van der Waals surface area contributed by atoms with Gasteiger partial charge < -0.3 is 5.32 Å². The molecule has 0 aliphatic rings. The van der Waals surface area contributed by atoms with Gasteiger partial charge in [0.25, 0.3) is 0 Å². The van der Waals surface area contributed by atoms with Crippen LogP contribution in [0.1, 0.15) is 45.1 Å². The number of hydrogen-bond donors (Lipinski definition) is 1. The molecule has 0 spiro atoms. The molecule has 2 heteroatoms. The fraction of sp³-hybridized carbons (Fsp3) is 0.615. The Balaban J connectivity index is 2.63. The van der Waals surface area contributed by atoms with E-state index in [0.29, 0.717) is 12.0 Å². The van der Waals surface area contributed by atoms with Gasteiger partial charge in [0.05, 0.1) is 0 Å².